The molecule has 0 amide bonds. The van der Waals surface area contributed by atoms with E-state index < -0.39 is 10.9 Å². The molecule has 0 unspecified atom stereocenters. The van der Waals surface area contributed by atoms with Crippen molar-refractivity contribution in [3.05, 3.63) is 70.1 Å². The van der Waals surface area contributed by atoms with Crippen LogP contribution in [0.15, 0.2) is 52.9 Å². The summed E-state index contributed by atoms with van der Waals surface area (Å²) in [6.07, 6.45) is 0. The molecule has 9 nitrogen and oxygen atoms in total. The SMILES string of the molecule is CCOc1ccccc1C(=O)OCc1nnc(-c2ccc([N+](=O)[O-])cc2)o1. The molecule has 0 fully saturated rings. The largest absolute Gasteiger partial charge is 0.493 e. The van der Waals surface area contributed by atoms with E-state index in [1.165, 1.54) is 24.3 Å². The molecule has 0 saturated carbocycles. The molecule has 3 rings (SSSR count). The van der Waals surface area contributed by atoms with Crippen molar-refractivity contribution in [1.29, 1.82) is 0 Å². The van der Waals surface area contributed by atoms with Crippen LogP contribution in [0.5, 0.6) is 5.75 Å². The van der Waals surface area contributed by atoms with Crippen LogP contribution < -0.4 is 4.74 Å². The maximum atomic E-state index is 12.2. The molecule has 2 aromatic carbocycles. The average Bonchev–Trinajstić information content (AvgIpc) is 3.16. The highest BCUT2D eigenvalue weighted by molar-refractivity contribution is 5.92. The lowest BCUT2D eigenvalue weighted by molar-refractivity contribution is -0.384. The monoisotopic (exact) mass is 369 g/mol. The lowest BCUT2D eigenvalue weighted by atomic mass is 10.2. The van der Waals surface area contributed by atoms with Gasteiger partial charge in [-0.15, -0.1) is 10.2 Å². The summed E-state index contributed by atoms with van der Waals surface area (Å²) in [7, 11) is 0. The number of hydrogen-bond donors (Lipinski definition) is 0. The maximum absolute atomic E-state index is 12.2. The van der Waals surface area contributed by atoms with Crippen LogP contribution in [0.25, 0.3) is 11.5 Å². The van der Waals surface area contributed by atoms with Crippen molar-refractivity contribution in [2.24, 2.45) is 0 Å². The second-order valence-corrected chi connectivity index (χ2v) is 5.31. The van der Waals surface area contributed by atoms with Crippen molar-refractivity contribution in [3.63, 3.8) is 0 Å². The van der Waals surface area contributed by atoms with Crippen molar-refractivity contribution in [2.45, 2.75) is 13.5 Å². The number of carbonyl (C=O) groups is 1. The molecule has 0 atom stereocenters. The van der Waals surface area contributed by atoms with Gasteiger partial charge in [0.25, 0.3) is 11.6 Å². The molecule has 1 heterocycles. The van der Waals surface area contributed by atoms with Crippen LogP contribution in [0.3, 0.4) is 0 Å². The lowest BCUT2D eigenvalue weighted by Crippen LogP contribution is -2.08. The fourth-order valence-electron chi connectivity index (χ4n) is 2.28. The molecule has 9 heteroatoms. The van der Waals surface area contributed by atoms with E-state index >= 15 is 0 Å². The highest BCUT2D eigenvalue weighted by Crippen LogP contribution is 2.22. The van der Waals surface area contributed by atoms with Crippen LogP contribution in [-0.4, -0.2) is 27.7 Å². The Kier molecular flexibility index (Phi) is 5.41. The van der Waals surface area contributed by atoms with Gasteiger partial charge in [0, 0.05) is 17.7 Å². The van der Waals surface area contributed by atoms with Gasteiger partial charge in [-0.3, -0.25) is 10.1 Å². The van der Waals surface area contributed by atoms with Crippen molar-refractivity contribution in [3.8, 4) is 17.2 Å². The number of non-ortho nitro benzene ring substituents is 1. The van der Waals surface area contributed by atoms with E-state index in [1.807, 2.05) is 6.92 Å². The summed E-state index contributed by atoms with van der Waals surface area (Å²) in [5.74, 6) is 0.132. The Labute approximate surface area is 153 Å². The fourth-order valence-corrected chi connectivity index (χ4v) is 2.28. The third-order valence-corrected chi connectivity index (χ3v) is 3.53. The Bertz CT molecular complexity index is 952. The summed E-state index contributed by atoms with van der Waals surface area (Å²) in [6.45, 7) is 2.03. The molecule has 0 saturated heterocycles. The lowest BCUT2D eigenvalue weighted by Gasteiger charge is -2.08. The summed E-state index contributed by atoms with van der Waals surface area (Å²) in [5.41, 5.74) is 0.780. The van der Waals surface area contributed by atoms with Crippen molar-refractivity contribution >= 4 is 11.7 Å². The number of aromatic nitrogens is 2. The van der Waals surface area contributed by atoms with Gasteiger partial charge < -0.3 is 13.9 Å². The molecule has 1 aromatic heterocycles. The first kappa shape index (κ1) is 18.1. The molecule has 0 aliphatic carbocycles. The van der Waals surface area contributed by atoms with Gasteiger partial charge in [-0.1, -0.05) is 12.1 Å². The van der Waals surface area contributed by atoms with Crippen molar-refractivity contribution in [1.82, 2.24) is 10.2 Å². The third kappa shape index (κ3) is 4.27. The zero-order chi connectivity index (χ0) is 19.2. The molecule has 0 radical (unpaired) electrons. The molecule has 0 N–H and O–H groups in total. The minimum Gasteiger partial charge on any atom is -0.493 e. The number of nitro groups is 1. The first-order valence-electron chi connectivity index (χ1n) is 8.04. The highest BCUT2D eigenvalue weighted by atomic mass is 16.6. The van der Waals surface area contributed by atoms with Crippen LogP contribution in [-0.2, 0) is 11.3 Å². The Morgan fingerprint density at radius 2 is 1.89 bits per heavy atom. The van der Waals surface area contributed by atoms with Gasteiger partial charge in [0.1, 0.15) is 11.3 Å². The second kappa shape index (κ2) is 8.09. The Morgan fingerprint density at radius 3 is 2.59 bits per heavy atom. The summed E-state index contributed by atoms with van der Waals surface area (Å²) in [5, 5.41) is 18.4. The van der Waals surface area contributed by atoms with E-state index in [2.05, 4.69) is 10.2 Å². The van der Waals surface area contributed by atoms with Crippen LogP contribution in [0.1, 0.15) is 23.2 Å². The van der Waals surface area contributed by atoms with Gasteiger partial charge >= 0.3 is 5.97 Å². The van der Waals surface area contributed by atoms with Gasteiger partial charge in [0.05, 0.1) is 11.5 Å². The van der Waals surface area contributed by atoms with E-state index in [0.717, 1.165) is 0 Å². The molecular weight excluding hydrogens is 354 g/mol. The van der Waals surface area contributed by atoms with E-state index in [0.29, 0.717) is 23.5 Å². The standard InChI is InChI=1S/C18H15N3O6/c1-2-25-15-6-4-3-5-14(15)18(22)26-11-16-19-20-17(27-16)12-7-9-13(10-8-12)21(23)24/h3-10H,2,11H2,1H3. The minimum absolute atomic E-state index is 0.0413. The molecule has 3 aromatic rings. The molecule has 0 aliphatic rings. The zero-order valence-electron chi connectivity index (χ0n) is 14.3. The first-order chi connectivity index (χ1) is 13.1. The molecule has 138 valence electrons. The number of esters is 1. The van der Waals surface area contributed by atoms with E-state index in [4.69, 9.17) is 13.9 Å². The topological polar surface area (TPSA) is 118 Å². The number of hydrogen-bond acceptors (Lipinski definition) is 8. The predicted octanol–water partition coefficient (Wildman–Crippen LogP) is 3.40. The second-order valence-electron chi connectivity index (χ2n) is 5.31. The van der Waals surface area contributed by atoms with Crippen LogP contribution >= 0.6 is 0 Å². The van der Waals surface area contributed by atoms with Gasteiger partial charge in [-0.05, 0) is 31.2 Å². The first-order valence-corrected chi connectivity index (χ1v) is 8.04. The zero-order valence-corrected chi connectivity index (χ0v) is 14.3. The third-order valence-electron chi connectivity index (χ3n) is 3.53. The van der Waals surface area contributed by atoms with Crippen LogP contribution in [0.4, 0.5) is 5.69 Å². The Morgan fingerprint density at radius 1 is 1.15 bits per heavy atom. The normalized spacial score (nSPS) is 10.4. The van der Waals surface area contributed by atoms with E-state index in [1.54, 1.807) is 24.3 Å². The molecule has 27 heavy (non-hydrogen) atoms. The van der Waals surface area contributed by atoms with Gasteiger partial charge in [0.15, 0.2) is 6.61 Å². The van der Waals surface area contributed by atoms with E-state index in [-0.39, 0.29) is 24.1 Å². The van der Waals surface area contributed by atoms with Gasteiger partial charge in [0.2, 0.25) is 5.89 Å². The number of carbonyl (C=O) groups excluding carboxylic acids is 1. The van der Waals surface area contributed by atoms with Gasteiger partial charge in [-0.25, -0.2) is 4.79 Å². The quantitative estimate of drug-likeness (QED) is 0.353. The molecule has 0 bridgehead atoms. The minimum atomic E-state index is -0.575. The number of para-hydroxylation sites is 1. The highest BCUT2D eigenvalue weighted by Gasteiger charge is 2.16. The molecule has 0 aliphatic heterocycles. The molecular formula is C18H15N3O6. The summed E-state index contributed by atoms with van der Waals surface area (Å²) < 4.78 is 16.0. The molecule has 0 spiro atoms. The average molecular weight is 369 g/mol. The fraction of sp³-hybridized carbons (Fsp3) is 0.167. The van der Waals surface area contributed by atoms with Crippen molar-refractivity contribution in [2.75, 3.05) is 6.61 Å². The summed E-state index contributed by atoms with van der Waals surface area (Å²) in [6, 6.07) is 12.4. The van der Waals surface area contributed by atoms with Crippen LogP contribution in [0.2, 0.25) is 0 Å². The van der Waals surface area contributed by atoms with Crippen molar-refractivity contribution < 1.29 is 23.6 Å². The summed E-state index contributed by atoms with van der Waals surface area (Å²) >= 11 is 0. The van der Waals surface area contributed by atoms with Crippen LogP contribution in [0, 0.1) is 10.1 Å². The number of nitrogens with zero attached hydrogens (tertiary/aromatic N) is 3. The van der Waals surface area contributed by atoms with Gasteiger partial charge in [-0.2, -0.15) is 0 Å². The number of nitro benzene ring substituents is 1. The van der Waals surface area contributed by atoms with E-state index in [9.17, 15) is 14.9 Å². The Hall–Kier alpha value is -3.75. The number of ether oxygens (including phenoxy) is 2. The summed E-state index contributed by atoms with van der Waals surface area (Å²) in [4.78, 5) is 22.4. The smallest absolute Gasteiger partial charge is 0.342 e. The predicted molar refractivity (Wildman–Crippen MR) is 93.1 cm³/mol. The Balaban J connectivity index is 1.66. The number of rotatable bonds is 7. The maximum Gasteiger partial charge on any atom is 0.342 e. The number of benzene rings is 2.